The summed E-state index contributed by atoms with van der Waals surface area (Å²) in [6.45, 7) is 3.20. The van der Waals surface area contributed by atoms with Crippen LogP contribution in [0, 0.1) is 13.8 Å². The molecule has 0 amide bonds. The quantitative estimate of drug-likeness (QED) is 0.721. The van der Waals surface area contributed by atoms with Crippen molar-refractivity contribution in [2.75, 3.05) is 6.61 Å². The third kappa shape index (κ3) is 3.40. The van der Waals surface area contributed by atoms with Crippen LogP contribution in [-0.2, 0) is 11.2 Å². The van der Waals surface area contributed by atoms with Crippen molar-refractivity contribution in [3.63, 3.8) is 0 Å². The monoisotopic (exact) mass is 338 g/mol. The number of hydrogen-bond donors (Lipinski definition) is 1. The molecule has 0 radical (unpaired) electrons. The Bertz CT molecular complexity index is 986. The highest BCUT2D eigenvalue weighted by Crippen LogP contribution is 2.29. The van der Waals surface area contributed by atoms with Crippen molar-refractivity contribution in [2.45, 2.75) is 20.3 Å². The average Bonchev–Trinajstić information content (AvgIpc) is 2.59. The van der Waals surface area contributed by atoms with E-state index in [1.165, 1.54) is 0 Å². The van der Waals surface area contributed by atoms with Crippen molar-refractivity contribution in [3.8, 4) is 5.75 Å². The summed E-state index contributed by atoms with van der Waals surface area (Å²) < 4.78 is 10.8. The number of carboxylic acid groups (broad SMARTS) is 1. The highest BCUT2D eigenvalue weighted by atomic mass is 16.5. The smallest absolute Gasteiger partial charge is 0.341 e. The Hall–Kier alpha value is -3.08. The molecule has 5 heteroatoms. The molecule has 0 saturated carbocycles. The molecule has 128 valence electrons. The lowest BCUT2D eigenvalue weighted by atomic mass is 9.98. The zero-order chi connectivity index (χ0) is 18.0. The Morgan fingerprint density at radius 2 is 1.80 bits per heavy atom. The largest absolute Gasteiger partial charge is 0.481 e. The van der Waals surface area contributed by atoms with Crippen LogP contribution in [0.1, 0.15) is 22.3 Å². The fraction of sp³-hybridized carbons (Fsp3) is 0.200. The van der Waals surface area contributed by atoms with Gasteiger partial charge in [0.2, 0.25) is 0 Å². The van der Waals surface area contributed by atoms with Gasteiger partial charge in [0.15, 0.2) is 6.61 Å². The summed E-state index contributed by atoms with van der Waals surface area (Å²) in [5, 5.41) is 9.57. The van der Waals surface area contributed by atoms with Gasteiger partial charge in [-0.15, -0.1) is 0 Å². The van der Waals surface area contributed by atoms with Crippen molar-refractivity contribution < 1.29 is 19.1 Å². The first-order valence-electron chi connectivity index (χ1n) is 7.91. The van der Waals surface area contributed by atoms with Crippen LogP contribution < -0.4 is 10.4 Å². The van der Waals surface area contributed by atoms with Crippen molar-refractivity contribution in [3.05, 3.63) is 75.1 Å². The van der Waals surface area contributed by atoms with Crippen LogP contribution in [0.15, 0.2) is 51.7 Å². The second-order valence-corrected chi connectivity index (χ2v) is 5.90. The van der Waals surface area contributed by atoms with Crippen LogP contribution in [0.5, 0.6) is 5.75 Å². The van der Waals surface area contributed by atoms with E-state index in [9.17, 15) is 9.59 Å². The number of fused-ring (bicyclic) bond motifs is 1. The Kier molecular flexibility index (Phi) is 4.57. The van der Waals surface area contributed by atoms with Gasteiger partial charge in [-0.25, -0.2) is 9.59 Å². The Morgan fingerprint density at radius 3 is 2.48 bits per heavy atom. The van der Waals surface area contributed by atoms with Crippen molar-refractivity contribution in [1.29, 1.82) is 0 Å². The molecule has 0 aliphatic rings. The topological polar surface area (TPSA) is 76.7 Å². The summed E-state index contributed by atoms with van der Waals surface area (Å²) in [6.07, 6.45) is 0.501. The highest BCUT2D eigenvalue weighted by molar-refractivity contribution is 5.85. The summed E-state index contributed by atoms with van der Waals surface area (Å²) in [6, 6.07) is 13.2. The van der Waals surface area contributed by atoms with E-state index in [4.69, 9.17) is 14.3 Å². The maximum Gasteiger partial charge on any atom is 0.341 e. The average molecular weight is 338 g/mol. The van der Waals surface area contributed by atoms with Gasteiger partial charge in [0.1, 0.15) is 11.3 Å². The first kappa shape index (κ1) is 16.8. The molecule has 0 atom stereocenters. The number of carbonyl (C=O) groups is 1. The summed E-state index contributed by atoms with van der Waals surface area (Å²) in [5.41, 5.74) is 3.19. The lowest BCUT2D eigenvalue weighted by molar-refractivity contribution is -0.139. The lowest BCUT2D eigenvalue weighted by Gasteiger charge is -2.12. The number of aryl methyl sites for hydroxylation is 2. The normalized spacial score (nSPS) is 10.8. The third-order valence-corrected chi connectivity index (χ3v) is 4.23. The maximum absolute atomic E-state index is 12.5. The van der Waals surface area contributed by atoms with Gasteiger partial charge in [0.25, 0.3) is 0 Å². The van der Waals surface area contributed by atoms with Crippen LogP contribution in [0.2, 0.25) is 0 Å². The highest BCUT2D eigenvalue weighted by Gasteiger charge is 2.16. The summed E-state index contributed by atoms with van der Waals surface area (Å²) in [7, 11) is 0. The molecule has 5 nitrogen and oxygen atoms in total. The van der Waals surface area contributed by atoms with E-state index in [1.807, 2.05) is 37.3 Å². The molecule has 1 N–H and O–H groups in total. The van der Waals surface area contributed by atoms with E-state index in [0.29, 0.717) is 28.9 Å². The summed E-state index contributed by atoms with van der Waals surface area (Å²) in [4.78, 5) is 23.2. The minimum absolute atomic E-state index is 0.382. The minimum atomic E-state index is -1.06. The molecule has 0 bridgehead atoms. The van der Waals surface area contributed by atoms with Gasteiger partial charge in [-0.1, -0.05) is 30.3 Å². The van der Waals surface area contributed by atoms with E-state index in [-0.39, 0.29) is 5.63 Å². The van der Waals surface area contributed by atoms with Gasteiger partial charge in [-0.2, -0.15) is 0 Å². The van der Waals surface area contributed by atoms with Gasteiger partial charge in [0, 0.05) is 22.9 Å². The van der Waals surface area contributed by atoms with Crippen molar-refractivity contribution in [2.24, 2.45) is 0 Å². The van der Waals surface area contributed by atoms with E-state index < -0.39 is 12.6 Å². The Balaban J connectivity index is 2.07. The number of aliphatic carboxylic acids is 1. The molecule has 3 aromatic rings. The first-order chi connectivity index (χ1) is 12.0. The maximum atomic E-state index is 12.5. The predicted octanol–water partition coefficient (Wildman–Crippen LogP) is 3.46. The Labute approximate surface area is 144 Å². The van der Waals surface area contributed by atoms with E-state index in [1.54, 1.807) is 19.1 Å². The number of ether oxygens (including phenoxy) is 1. The number of hydrogen-bond acceptors (Lipinski definition) is 4. The number of benzene rings is 2. The fourth-order valence-corrected chi connectivity index (χ4v) is 2.87. The molecule has 0 spiro atoms. The molecule has 0 aliphatic heterocycles. The molecular weight excluding hydrogens is 320 g/mol. The van der Waals surface area contributed by atoms with Crippen LogP contribution in [0.4, 0.5) is 0 Å². The van der Waals surface area contributed by atoms with E-state index in [2.05, 4.69) is 0 Å². The third-order valence-electron chi connectivity index (χ3n) is 4.23. The number of rotatable bonds is 5. The van der Waals surface area contributed by atoms with Crippen LogP contribution >= 0.6 is 0 Å². The molecule has 0 aliphatic carbocycles. The van der Waals surface area contributed by atoms with E-state index in [0.717, 1.165) is 16.5 Å². The van der Waals surface area contributed by atoms with Crippen molar-refractivity contribution in [1.82, 2.24) is 0 Å². The zero-order valence-electron chi connectivity index (χ0n) is 14.0. The number of carboxylic acids is 1. The second-order valence-electron chi connectivity index (χ2n) is 5.90. The van der Waals surface area contributed by atoms with E-state index >= 15 is 0 Å². The molecule has 25 heavy (non-hydrogen) atoms. The fourth-order valence-electron chi connectivity index (χ4n) is 2.87. The summed E-state index contributed by atoms with van der Waals surface area (Å²) in [5.74, 6) is -0.663. The zero-order valence-corrected chi connectivity index (χ0v) is 14.0. The molecular formula is C20H18O5. The minimum Gasteiger partial charge on any atom is -0.481 e. The van der Waals surface area contributed by atoms with Gasteiger partial charge >= 0.3 is 11.6 Å². The SMILES string of the molecule is Cc1c(Cc2ccccc2)c(=O)oc2c(C)c(OCC(=O)O)ccc12. The summed E-state index contributed by atoms with van der Waals surface area (Å²) >= 11 is 0. The molecule has 0 unspecified atom stereocenters. The predicted molar refractivity (Wildman–Crippen MR) is 94.3 cm³/mol. The standard InChI is InChI=1S/C20H18O5/c1-12-15-8-9-17(24-11-18(21)22)13(2)19(15)25-20(23)16(12)10-14-6-4-3-5-7-14/h3-9H,10-11H2,1-2H3,(H,21,22). The molecule has 1 aromatic heterocycles. The molecule has 0 fully saturated rings. The Morgan fingerprint density at radius 1 is 1.08 bits per heavy atom. The van der Waals surface area contributed by atoms with Gasteiger partial charge in [-0.3, -0.25) is 0 Å². The second kappa shape index (κ2) is 6.81. The first-order valence-corrected chi connectivity index (χ1v) is 7.91. The molecule has 3 rings (SSSR count). The van der Waals surface area contributed by atoms with Gasteiger partial charge in [-0.05, 0) is 37.1 Å². The van der Waals surface area contributed by atoms with Gasteiger partial charge < -0.3 is 14.3 Å². The van der Waals surface area contributed by atoms with Gasteiger partial charge in [0.05, 0.1) is 0 Å². The molecule has 0 saturated heterocycles. The van der Waals surface area contributed by atoms with Crippen LogP contribution in [0.3, 0.4) is 0 Å². The van der Waals surface area contributed by atoms with Crippen molar-refractivity contribution >= 4 is 16.9 Å². The van der Waals surface area contributed by atoms with Crippen LogP contribution in [-0.4, -0.2) is 17.7 Å². The molecule has 1 heterocycles. The van der Waals surface area contributed by atoms with Crippen LogP contribution in [0.25, 0.3) is 11.0 Å². The lowest BCUT2D eigenvalue weighted by Crippen LogP contribution is -2.12. The molecule has 2 aromatic carbocycles.